The van der Waals surface area contributed by atoms with Gasteiger partial charge in [0.25, 0.3) is 0 Å². The van der Waals surface area contributed by atoms with Crippen LogP contribution in [-0.2, 0) is 22.6 Å². The van der Waals surface area contributed by atoms with Gasteiger partial charge in [-0.05, 0) is 85.7 Å². The first-order chi connectivity index (χ1) is 20.4. The third-order valence-electron chi connectivity index (χ3n) is 6.52. The topological polar surface area (TPSA) is 119 Å². The van der Waals surface area contributed by atoms with Gasteiger partial charge in [0.2, 0.25) is 0 Å². The van der Waals surface area contributed by atoms with Crippen LogP contribution in [0, 0.1) is 0 Å². The molecule has 0 aliphatic carbocycles. The second kappa shape index (κ2) is 21.7. The van der Waals surface area contributed by atoms with Crippen LogP contribution < -0.4 is 5.32 Å². The monoisotopic (exact) mass is 641 g/mol. The highest BCUT2D eigenvalue weighted by Crippen LogP contribution is 2.22. The number of aliphatic hydroxyl groups excluding tert-OH is 2. The summed E-state index contributed by atoms with van der Waals surface area (Å²) in [4.78, 5) is 10.1. The number of hydrogen-bond donors (Lipinski definition) is 5. The van der Waals surface area contributed by atoms with E-state index in [2.05, 4.69) is 51.6 Å². The van der Waals surface area contributed by atoms with E-state index in [9.17, 15) is 20.1 Å². The first-order valence-corrected chi connectivity index (χ1v) is 15.3. The molecule has 1 atom stereocenters. The summed E-state index contributed by atoms with van der Waals surface area (Å²) < 4.78 is 6.70. The van der Waals surface area contributed by atoms with E-state index in [1.165, 1.54) is 18.1 Å². The SMILES string of the molecule is O=C(O)/C=C/c1ccc(Br)cc1.OCc1cc(C(O)CNCCCCCCOCCCCc2ccccc2)ccc1O. The van der Waals surface area contributed by atoms with Gasteiger partial charge in [0, 0.05) is 35.9 Å². The number of hydrogen-bond acceptors (Lipinski definition) is 6. The molecule has 0 amide bonds. The maximum absolute atomic E-state index is 10.2. The van der Waals surface area contributed by atoms with Gasteiger partial charge in [0.15, 0.2) is 0 Å². The lowest BCUT2D eigenvalue weighted by atomic mass is 10.1. The van der Waals surface area contributed by atoms with Crippen molar-refractivity contribution < 1.29 is 30.0 Å². The zero-order valence-electron chi connectivity index (χ0n) is 24.1. The number of aliphatic carboxylic acids is 1. The van der Waals surface area contributed by atoms with Gasteiger partial charge in [-0.25, -0.2) is 4.79 Å². The van der Waals surface area contributed by atoms with Crippen molar-refractivity contribution >= 4 is 28.0 Å². The van der Waals surface area contributed by atoms with Gasteiger partial charge in [0.1, 0.15) is 5.75 Å². The molecule has 0 bridgehead atoms. The van der Waals surface area contributed by atoms with Gasteiger partial charge in [-0.1, -0.05) is 77.3 Å². The second-order valence-corrected chi connectivity index (χ2v) is 10.9. The molecule has 42 heavy (non-hydrogen) atoms. The third-order valence-corrected chi connectivity index (χ3v) is 7.05. The van der Waals surface area contributed by atoms with Crippen LogP contribution in [0.15, 0.2) is 83.3 Å². The molecule has 3 rings (SSSR count). The minimum atomic E-state index is -0.932. The van der Waals surface area contributed by atoms with E-state index in [4.69, 9.17) is 9.84 Å². The predicted octanol–water partition coefficient (Wildman–Crippen LogP) is 6.65. The van der Waals surface area contributed by atoms with Crippen LogP contribution in [0.2, 0.25) is 0 Å². The number of rotatable bonds is 18. The van der Waals surface area contributed by atoms with E-state index in [0.717, 1.165) is 74.4 Å². The average Bonchev–Trinajstić information content (AvgIpc) is 3.00. The molecule has 0 saturated heterocycles. The molecule has 3 aromatic carbocycles. The van der Waals surface area contributed by atoms with Crippen LogP contribution >= 0.6 is 15.9 Å². The molecule has 7 nitrogen and oxygen atoms in total. The standard InChI is InChI=1S/C25H37NO4.C9H7BrO2/c27-20-23-18-22(13-14-24(23)28)25(29)19-26-15-7-1-2-8-16-30-17-9-6-12-21-10-4-3-5-11-21;10-8-4-1-7(2-5-8)3-6-9(11)12/h3-5,10-11,13-14,18,25-29H,1-2,6-9,12,15-17,19-20H2;1-6H,(H,11,12)/b;6-3+. The lowest BCUT2D eigenvalue weighted by Crippen LogP contribution is -2.22. The van der Waals surface area contributed by atoms with Gasteiger partial charge < -0.3 is 30.5 Å². The highest BCUT2D eigenvalue weighted by atomic mass is 79.9. The van der Waals surface area contributed by atoms with Crippen LogP contribution in [0.25, 0.3) is 6.08 Å². The van der Waals surface area contributed by atoms with Gasteiger partial charge in [0.05, 0.1) is 12.7 Å². The summed E-state index contributed by atoms with van der Waals surface area (Å²) in [5, 5.41) is 40.6. The van der Waals surface area contributed by atoms with E-state index < -0.39 is 12.1 Å². The summed E-state index contributed by atoms with van der Waals surface area (Å²) in [7, 11) is 0. The lowest BCUT2D eigenvalue weighted by molar-refractivity contribution is -0.131. The summed E-state index contributed by atoms with van der Waals surface area (Å²) in [6, 6.07) is 22.8. The summed E-state index contributed by atoms with van der Waals surface area (Å²) in [5.74, 6) is -0.879. The summed E-state index contributed by atoms with van der Waals surface area (Å²) in [6.07, 6.45) is 9.90. The van der Waals surface area contributed by atoms with Crippen LogP contribution in [0.5, 0.6) is 5.75 Å². The Morgan fingerprint density at radius 2 is 1.60 bits per heavy atom. The fraction of sp³-hybridized carbons (Fsp3) is 0.382. The Morgan fingerprint density at radius 3 is 2.29 bits per heavy atom. The molecule has 3 aromatic rings. The van der Waals surface area contributed by atoms with Crippen molar-refractivity contribution in [1.29, 1.82) is 0 Å². The summed E-state index contributed by atoms with van der Waals surface area (Å²) in [5.41, 5.74) is 3.41. The van der Waals surface area contributed by atoms with Crippen molar-refractivity contribution in [3.63, 3.8) is 0 Å². The number of carboxylic acids is 1. The zero-order chi connectivity index (χ0) is 30.4. The average molecular weight is 643 g/mol. The van der Waals surface area contributed by atoms with Crippen molar-refractivity contribution in [3.8, 4) is 5.75 Å². The second-order valence-electron chi connectivity index (χ2n) is 9.96. The first kappa shape index (κ1) is 35.2. The Kier molecular flexibility index (Phi) is 18.1. The summed E-state index contributed by atoms with van der Waals surface area (Å²) >= 11 is 3.29. The molecule has 0 aliphatic heterocycles. The molecule has 0 aliphatic rings. The number of aliphatic hydroxyl groups is 2. The zero-order valence-corrected chi connectivity index (χ0v) is 25.7. The summed E-state index contributed by atoms with van der Waals surface area (Å²) in [6.45, 7) is 2.77. The van der Waals surface area contributed by atoms with Gasteiger partial charge >= 0.3 is 5.97 Å². The van der Waals surface area contributed by atoms with E-state index in [1.807, 2.05) is 24.3 Å². The fourth-order valence-corrected chi connectivity index (χ4v) is 4.39. The molecule has 0 saturated carbocycles. The van der Waals surface area contributed by atoms with Crippen LogP contribution in [-0.4, -0.2) is 52.7 Å². The van der Waals surface area contributed by atoms with Crippen molar-refractivity contribution in [1.82, 2.24) is 5.32 Å². The Labute approximate surface area is 258 Å². The van der Waals surface area contributed by atoms with Crippen molar-refractivity contribution in [3.05, 3.63) is 106 Å². The number of benzene rings is 3. The highest BCUT2D eigenvalue weighted by molar-refractivity contribution is 9.10. The number of aryl methyl sites for hydroxylation is 1. The van der Waals surface area contributed by atoms with E-state index in [1.54, 1.807) is 18.2 Å². The third kappa shape index (κ3) is 15.8. The number of ether oxygens (including phenoxy) is 1. The van der Waals surface area contributed by atoms with Gasteiger partial charge in [-0.3, -0.25) is 0 Å². The smallest absolute Gasteiger partial charge is 0.328 e. The van der Waals surface area contributed by atoms with Crippen LogP contribution in [0.4, 0.5) is 0 Å². The first-order valence-electron chi connectivity index (χ1n) is 14.5. The van der Waals surface area contributed by atoms with E-state index in [0.29, 0.717) is 17.7 Å². The number of unbranched alkanes of at least 4 members (excludes halogenated alkanes) is 4. The molecule has 5 N–H and O–H groups in total. The van der Waals surface area contributed by atoms with Crippen LogP contribution in [0.3, 0.4) is 0 Å². The molecule has 1 unspecified atom stereocenters. The normalized spacial score (nSPS) is 11.7. The van der Waals surface area contributed by atoms with Crippen molar-refractivity contribution in [2.45, 2.75) is 57.7 Å². The maximum atomic E-state index is 10.2. The number of aromatic hydroxyl groups is 1. The Hall–Kier alpha value is -3.01. The Balaban J connectivity index is 0.000000428. The molecule has 0 heterocycles. The van der Waals surface area contributed by atoms with Gasteiger partial charge in [-0.15, -0.1) is 0 Å². The number of phenols is 1. The predicted molar refractivity (Wildman–Crippen MR) is 171 cm³/mol. The van der Waals surface area contributed by atoms with Crippen molar-refractivity contribution in [2.24, 2.45) is 0 Å². The highest BCUT2D eigenvalue weighted by Gasteiger charge is 2.09. The minimum absolute atomic E-state index is 0.0533. The molecule has 0 aromatic heterocycles. The number of halogens is 1. The van der Waals surface area contributed by atoms with E-state index in [-0.39, 0.29) is 12.4 Å². The largest absolute Gasteiger partial charge is 0.508 e. The Bertz CT molecular complexity index is 1170. The molecule has 8 heteroatoms. The Morgan fingerprint density at radius 1 is 0.905 bits per heavy atom. The van der Waals surface area contributed by atoms with Crippen molar-refractivity contribution in [2.75, 3.05) is 26.3 Å². The van der Waals surface area contributed by atoms with E-state index >= 15 is 0 Å². The number of nitrogens with one attached hydrogen (secondary N) is 1. The fourth-order valence-electron chi connectivity index (χ4n) is 4.13. The molecule has 0 radical (unpaired) electrons. The quantitative estimate of drug-likeness (QED) is 0.0779. The molecule has 0 fully saturated rings. The number of carbonyl (C=O) groups is 1. The maximum Gasteiger partial charge on any atom is 0.328 e. The van der Waals surface area contributed by atoms with Crippen LogP contribution in [0.1, 0.15) is 66.9 Å². The lowest BCUT2D eigenvalue weighted by Gasteiger charge is -2.14. The molecule has 228 valence electrons. The molecular weight excluding hydrogens is 598 g/mol. The van der Waals surface area contributed by atoms with Gasteiger partial charge in [-0.2, -0.15) is 0 Å². The molecule has 0 spiro atoms. The molecular formula is C34H44BrNO6. The number of carboxylic acid groups (broad SMARTS) is 1. The minimum Gasteiger partial charge on any atom is -0.508 e.